The van der Waals surface area contributed by atoms with Crippen LogP contribution in [0.25, 0.3) is 0 Å². The molecule has 1 fully saturated rings. The molecule has 5 rings (SSSR count). The van der Waals surface area contributed by atoms with Crippen molar-refractivity contribution in [2.45, 2.75) is 51.0 Å². The lowest BCUT2D eigenvalue weighted by Crippen LogP contribution is -2.30. The smallest absolute Gasteiger partial charge is 0.219 e. The van der Waals surface area contributed by atoms with E-state index in [0.717, 1.165) is 48.6 Å². The molecule has 132 valence electrons. The molecular formula is C22H22N2O2. The third kappa shape index (κ3) is 2.70. The summed E-state index contributed by atoms with van der Waals surface area (Å²) in [5.41, 5.74) is 4.13. The van der Waals surface area contributed by atoms with Gasteiger partial charge in [-0.15, -0.1) is 0 Å². The van der Waals surface area contributed by atoms with Crippen LogP contribution < -0.4 is 0 Å². The topological polar surface area (TPSA) is 43.2 Å². The van der Waals surface area contributed by atoms with Crippen molar-refractivity contribution in [3.8, 4) is 0 Å². The van der Waals surface area contributed by atoms with Crippen LogP contribution in [0, 0.1) is 0 Å². The summed E-state index contributed by atoms with van der Waals surface area (Å²) < 4.78 is 11.9. The van der Waals surface area contributed by atoms with Gasteiger partial charge in [0.05, 0.1) is 0 Å². The minimum Gasteiger partial charge on any atom is -0.473 e. The van der Waals surface area contributed by atoms with Gasteiger partial charge in [0.2, 0.25) is 11.8 Å². The van der Waals surface area contributed by atoms with Crippen LogP contribution in [0.15, 0.2) is 58.5 Å². The van der Waals surface area contributed by atoms with E-state index in [1.807, 2.05) is 24.3 Å². The van der Waals surface area contributed by atoms with E-state index >= 15 is 0 Å². The molecule has 2 aromatic rings. The highest BCUT2D eigenvalue weighted by Gasteiger charge is 2.35. The number of ether oxygens (including phenoxy) is 2. The Bertz CT molecular complexity index is 827. The molecule has 26 heavy (non-hydrogen) atoms. The van der Waals surface area contributed by atoms with Gasteiger partial charge < -0.3 is 9.47 Å². The second-order valence-electron chi connectivity index (χ2n) is 7.27. The summed E-state index contributed by atoms with van der Waals surface area (Å²) in [6, 6.07) is 16.6. The van der Waals surface area contributed by atoms with Crippen molar-refractivity contribution in [2.75, 3.05) is 0 Å². The number of nitrogens with zero attached hydrogens (tertiary/aromatic N) is 2. The predicted molar refractivity (Wildman–Crippen MR) is 101 cm³/mol. The lowest BCUT2D eigenvalue weighted by atomic mass is 9.89. The van der Waals surface area contributed by atoms with Gasteiger partial charge in [0, 0.05) is 22.3 Å². The molecule has 0 bridgehead atoms. The Morgan fingerprint density at radius 3 is 1.69 bits per heavy atom. The number of hydrogen-bond donors (Lipinski definition) is 0. The summed E-state index contributed by atoms with van der Waals surface area (Å²) in [6.07, 6.45) is 5.40. The molecule has 0 atom stereocenters. The van der Waals surface area contributed by atoms with Crippen LogP contribution in [0.2, 0.25) is 0 Å². The Hall–Kier alpha value is -2.62. The Labute approximate surface area is 153 Å². The fourth-order valence-electron chi connectivity index (χ4n) is 4.09. The van der Waals surface area contributed by atoms with Crippen molar-refractivity contribution >= 4 is 11.8 Å². The molecule has 0 saturated heterocycles. The highest BCUT2D eigenvalue weighted by atomic mass is 16.5. The maximum absolute atomic E-state index is 5.93. The molecule has 2 aliphatic heterocycles. The van der Waals surface area contributed by atoms with E-state index in [9.17, 15) is 0 Å². The summed E-state index contributed by atoms with van der Waals surface area (Å²) in [4.78, 5) is 10.1. The van der Waals surface area contributed by atoms with E-state index in [-0.39, 0.29) is 0 Å². The average Bonchev–Trinajstić information content (AvgIpc) is 3.27. The first-order chi connectivity index (χ1) is 12.8. The van der Waals surface area contributed by atoms with E-state index in [0.29, 0.717) is 13.2 Å². The summed E-state index contributed by atoms with van der Waals surface area (Å²) >= 11 is 0. The second-order valence-corrected chi connectivity index (χ2v) is 7.27. The first-order valence-corrected chi connectivity index (χ1v) is 9.45. The number of rotatable bonds is 2. The van der Waals surface area contributed by atoms with Crippen LogP contribution in [-0.2, 0) is 22.7 Å². The zero-order valence-electron chi connectivity index (χ0n) is 14.8. The predicted octanol–water partition coefficient (Wildman–Crippen LogP) is 4.60. The van der Waals surface area contributed by atoms with Crippen molar-refractivity contribution in [3.05, 3.63) is 70.8 Å². The zero-order chi connectivity index (χ0) is 17.4. The van der Waals surface area contributed by atoms with Crippen LogP contribution in [-0.4, -0.2) is 17.5 Å². The summed E-state index contributed by atoms with van der Waals surface area (Å²) in [7, 11) is 0. The van der Waals surface area contributed by atoms with Gasteiger partial charge in [-0.25, -0.2) is 9.98 Å². The number of hydrogen-bond acceptors (Lipinski definition) is 4. The molecule has 2 heterocycles. The van der Waals surface area contributed by atoms with E-state index in [1.54, 1.807) is 0 Å². The van der Waals surface area contributed by atoms with Crippen LogP contribution >= 0.6 is 0 Å². The van der Waals surface area contributed by atoms with E-state index in [4.69, 9.17) is 19.5 Å². The van der Waals surface area contributed by atoms with Gasteiger partial charge in [-0.05, 0) is 37.8 Å². The molecule has 0 amide bonds. The minimum absolute atomic E-state index is 0.474. The molecule has 4 heteroatoms. The van der Waals surface area contributed by atoms with Crippen molar-refractivity contribution in [1.82, 2.24) is 0 Å². The Kier molecular flexibility index (Phi) is 3.77. The maximum Gasteiger partial charge on any atom is 0.219 e. The third-order valence-corrected chi connectivity index (χ3v) is 5.50. The lowest BCUT2D eigenvalue weighted by Gasteiger charge is -2.30. The van der Waals surface area contributed by atoms with Crippen LogP contribution in [0.4, 0.5) is 0 Å². The van der Waals surface area contributed by atoms with Gasteiger partial charge in [0.25, 0.3) is 0 Å². The first-order valence-electron chi connectivity index (χ1n) is 9.45. The molecule has 0 spiro atoms. The van der Waals surface area contributed by atoms with Crippen LogP contribution in [0.3, 0.4) is 0 Å². The van der Waals surface area contributed by atoms with E-state index in [2.05, 4.69) is 24.3 Å². The largest absolute Gasteiger partial charge is 0.473 e. The monoisotopic (exact) mass is 346 g/mol. The molecule has 1 aliphatic carbocycles. The molecule has 3 aliphatic rings. The van der Waals surface area contributed by atoms with Gasteiger partial charge in [-0.1, -0.05) is 42.8 Å². The van der Waals surface area contributed by atoms with E-state index < -0.39 is 5.66 Å². The minimum atomic E-state index is -0.474. The van der Waals surface area contributed by atoms with Gasteiger partial charge in [0.15, 0.2) is 5.66 Å². The van der Waals surface area contributed by atoms with Gasteiger partial charge in [0.1, 0.15) is 13.2 Å². The fourth-order valence-corrected chi connectivity index (χ4v) is 4.09. The quantitative estimate of drug-likeness (QED) is 0.797. The molecule has 0 N–H and O–H groups in total. The second kappa shape index (κ2) is 6.27. The lowest BCUT2D eigenvalue weighted by molar-refractivity contribution is 0.264. The summed E-state index contributed by atoms with van der Waals surface area (Å²) in [5, 5.41) is 0. The Morgan fingerprint density at radius 1 is 0.654 bits per heavy atom. The molecule has 4 nitrogen and oxygen atoms in total. The molecule has 0 radical (unpaired) electrons. The van der Waals surface area contributed by atoms with Crippen molar-refractivity contribution < 1.29 is 9.47 Å². The molecule has 0 aromatic heterocycles. The summed E-state index contributed by atoms with van der Waals surface area (Å²) in [5.74, 6) is 1.47. The van der Waals surface area contributed by atoms with Gasteiger partial charge >= 0.3 is 0 Å². The average molecular weight is 346 g/mol. The van der Waals surface area contributed by atoms with Gasteiger partial charge in [-0.2, -0.15) is 0 Å². The number of benzene rings is 2. The zero-order valence-corrected chi connectivity index (χ0v) is 14.8. The van der Waals surface area contributed by atoms with Crippen molar-refractivity contribution in [2.24, 2.45) is 9.98 Å². The molecule has 0 unspecified atom stereocenters. The SMILES string of the molecule is c1ccc2c(c1)COC2=NC1(N=C2OCc3ccccc32)CCCCC1. The van der Waals surface area contributed by atoms with Crippen molar-refractivity contribution in [3.63, 3.8) is 0 Å². The Balaban J connectivity index is 1.56. The fraction of sp³-hybridized carbons (Fsp3) is 0.364. The molecule has 1 saturated carbocycles. The number of fused-ring (bicyclic) bond motifs is 2. The third-order valence-electron chi connectivity index (χ3n) is 5.50. The molecule has 2 aromatic carbocycles. The molecular weight excluding hydrogens is 324 g/mol. The summed E-state index contributed by atoms with van der Waals surface area (Å²) in [6.45, 7) is 1.20. The Morgan fingerprint density at radius 2 is 1.15 bits per heavy atom. The van der Waals surface area contributed by atoms with Crippen molar-refractivity contribution in [1.29, 1.82) is 0 Å². The standard InChI is InChI=1S/C22H22N2O2/c1-6-12-22(13-7-1,23-20-18-10-4-2-8-16(18)14-25-20)24-21-19-11-5-3-9-17(19)15-26-21/h2-5,8-11H,1,6-7,12-15H2. The normalized spacial score (nSPS) is 23.4. The number of aliphatic imine (C=N–C) groups is 2. The highest BCUT2D eigenvalue weighted by Crippen LogP contribution is 2.36. The van der Waals surface area contributed by atoms with Gasteiger partial charge in [-0.3, -0.25) is 0 Å². The van der Waals surface area contributed by atoms with E-state index in [1.165, 1.54) is 17.5 Å². The first kappa shape index (κ1) is 15.6. The van der Waals surface area contributed by atoms with Crippen LogP contribution in [0.1, 0.15) is 54.4 Å². The van der Waals surface area contributed by atoms with Crippen LogP contribution in [0.5, 0.6) is 0 Å². The maximum atomic E-state index is 5.93. The highest BCUT2D eigenvalue weighted by molar-refractivity contribution is 5.99.